The maximum atomic E-state index is 12.0. The summed E-state index contributed by atoms with van der Waals surface area (Å²) in [6.45, 7) is 0.262. The third-order valence-electron chi connectivity index (χ3n) is 3.89. The van der Waals surface area contributed by atoms with Gasteiger partial charge in [-0.25, -0.2) is 4.98 Å². The minimum atomic E-state index is -0.00237. The highest BCUT2D eigenvalue weighted by Crippen LogP contribution is 2.23. The molecule has 23 heavy (non-hydrogen) atoms. The highest BCUT2D eigenvalue weighted by atomic mass is 35.5. The molecule has 0 bridgehead atoms. The second-order valence-corrected chi connectivity index (χ2v) is 6.11. The summed E-state index contributed by atoms with van der Waals surface area (Å²) in [5.74, 6) is 0.595. The lowest BCUT2D eigenvalue weighted by atomic mass is 9.93. The summed E-state index contributed by atoms with van der Waals surface area (Å²) in [6.07, 6.45) is 8.78. The highest BCUT2D eigenvalue weighted by Gasteiger charge is 2.23. The molecule has 0 unspecified atom stereocenters. The molecule has 1 saturated carbocycles. The molecule has 6 nitrogen and oxygen atoms in total. The van der Waals surface area contributed by atoms with Crippen LogP contribution < -0.4 is 10.1 Å². The van der Waals surface area contributed by atoms with Gasteiger partial charge in [-0.15, -0.1) is 0 Å². The summed E-state index contributed by atoms with van der Waals surface area (Å²) in [7, 11) is 0. The molecule has 0 spiro atoms. The number of nitrogens with one attached hydrogen (secondary N) is 1. The van der Waals surface area contributed by atoms with E-state index in [1.165, 1.54) is 0 Å². The van der Waals surface area contributed by atoms with Gasteiger partial charge in [-0.05, 0) is 37.8 Å². The minimum Gasteiger partial charge on any atom is -0.474 e. The minimum absolute atomic E-state index is 0.00237. The van der Waals surface area contributed by atoms with E-state index < -0.39 is 0 Å². The average Bonchev–Trinajstić information content (AvgIpc) is 3.04. The third-order valence-corrected chi connectivity index (χ3v) is 4.12. The van der Waals surface area contributed by atoms with E-state index in [-0.39, 0.29) is 24.6 Å². The molecule has 0 aliphatic heterocycles. The van der Waals surface area contributed by atoms with Crippen molar-refractivity contribution in [2.24, 2.45) is 0 Å². The second kappa shape index (κ2) is 7.46. The van der Waals surface area contributed by atoms with Crippen molar-refractivity contribution in [2.75, 3.05) is 0 Å². The number of ether oxygens (including phenoxy) is 1. The van der Waals surface area contributed by atoms with Crippen LogP contribution in [0.5, 0.6) is 5.88 Å². The Balaban J connectivity index is 1.41. The molecular weight excluding hydrogens is 316 g/mol. The van der Waals surface area contributed by atoms with Crippen LogP contribution in [0.25, 0.3) is 0 Å². The van der Waals surface area contributed by atoms with E-state index in [1.54, 1.807) is 41.5 Å². The van der Waals surface area contributed by atoms with Gasteiger partial charge in [0.1, 0.15) is 12.6 Å². The van der Waals surface area contributed by atoms with Gasteiger partial charge in [-0.3, -0.25) is 9.48 Å². The summed E-state index contributed by atoms with van der Waals surface area (Å²) in [5, 5.41) is 7.69. The first-order valence-corrected chi connectivity index (χ1v) is 8.12. The lowest BCUT2D eigenvalue weighted by Crippen LogP contribution is -2.41. The molecule has 2 aromatic heterocycles. The van der Waals surface area contributed by atoms with E-state index >= 15 is 0 Å². The molecule has 122 valence electrons. The molecule has 1 aliphatic carbocycles. The Morgan fingerprint density at radius 3 is 2.83 bits per heavy atom. The fourth-order valence-electron chi connectivity index (χ4n) is 2.74. The van der Waals surface area contributed by atoms with Gasteiger partial charge >= 0.3 is 0 Å². The SMILES string of the molecule is O=C(Cn1cccn1)NC1CCC(Oc2ccc(Cl)cn2)CC1. The van der Waals surface area contributed by atoms with Crippen molar-refractivity contribution < 1.29 is 9.53 Å². The molecule has 0 aromatic carbocycles. The largest absolute Gasteiger partial charge is 0.474 e. The highest BCUT2D eigenvalue weighted by molar-refractivity contribution is 6.30. The van der Waals surface area contributed by atoms with Crippen LogP contribution in [0.4, 0.5) is 0 Å². The number of hydrogen-bond acceptors (Lipinski definition) is 4. The number of nitrogens with zero attached hydrogens (tertiary/aromatic N) is 3. The van der Waals surface area contributed by atoms with Crippen molar-refractivity contribution in [3.63, 3.8) is 0 Å². The summed E-state index contributed by atoms with van der Waals surface area (Å²) >= 11 is 5.81. The summed E-state index contributed by atoms with van der Waals surface area (Å²) in [4.78, 5) is 16.1. The fourth-order valence-corrected chi connectivity index (χ4v) is 2.85. The Morgan fingerprint density at radius 2 is 2.17 bits per heavy atom. The first kappa shape index (κ1) is 15.8. The maximum Gasteiger partial charge on any atom is 0.241 e. The van der Waals surface area contributed by atoms with E-state index in [9.17, 15) is 4.79 Å². The lowest BCUT2D eigenvalue weighted by molar-refractivity contribution is -0.122. The van der Waals surface area contributed by atoms with E-state index in [1.807, 2.05) is 0 Å². The number of hydrogen-bond donors (Lipinski definition) is 1. The van der Waals surface area contributed by atoms with E-state index in [2.05, 4.69) is 15.4 Å². The zero-order chi connectivity index (χ0) is 16.1. The number of carbonyl (C=O) groups excluding carboxylic acids is 1. The summed E-state index contributed by atoms with van der Waals surface area (Å²) in [6, 6.07) is 5.56. The van der Waals surface area contributed by atoms with Gasteiger partial charge in [-0.2, -0.15) is 5.10 Å². The molecule has 1 aliphatic rings. The van der Waals surface area contributed by atoms with E-state index in [4.69, 9.17) is 16.3 Å². The van der Waals surface area contributed by atoms with Crippen molar-refractivity contribution in [3.8, 4) is 5.88 Å². The van der Waals surface area contributed by atoms with Crippen molar-refractivity contribution >= 4 is 17.5 Å². The molecule has 1 amide bonds. The van der Waals surface area contributed by atoms with E-state index in [0.29, 0.717) is 10.9 Å². The van der Waals surface area contributed by atoms with Crippen LogP contribution in [-0.4, -0.2) is 32.8 Å². The van der Waals surface area contributed by atoms with Crippen molar-refractivity contribution in [3.05, 3.63) is 41.8 Å². The number of halogens is 1. The molecule has 2 aromatic rings. The van der Waals surface area contributed by atoms with Crippen LogP contribution >= 0.6 is 11.6 Å². The molecule has 0 saturated heterocycles. The molecule has 7 heteroatoms. The lowest BCUT2D eigenvalue weighted by Gasteiger charge is -2.29. The molecule has 2 heterocycles. The molecular formula is C16H19ClN4O2. The van der Waals surface area contributed by atoms with Gasteiger partial charge in [-0.1, -0.05) is 11.6 Å². The third kappa shape index (κ3) is 4.69. The van der Waals surface area contributed by atoms with Crippen LogP contribution in [-0.2, 0) is 11.3 Å². The molecule has 0 radical (unpaired) electrons. The first-order chi connectivity index (χ1) is 11.2. The molecule has 0 atom stereocenters. The number of rotatable bonds is 5. The predicted molar refractivity (Wildman–Crippen MR) is 86.3 cm³/mol. The zero-order valence-electron chi connectivity index (χ0n) is 12.7. The smallest absolute Gasteiger partial charge is 0.241 e. The number of amides is 1. The first-order valence-electron chi connectivity index (χ1n) is 7.74. The Hall–Kier alpha value is -2.08. The molecule has 1 fully saturated rings. The van der Waals surface area contributed by atoms with Crippen molar-refractivity contribution in [2.45, 2.75) is 44.4 Å². The van der Waals surface area contributed by atoms with Gasteiger partial charge in [0.05, 0.1) is 5.02 Å². The monoisotopic (exact) mass is 334 g/mol. The molecule has 3 rings (SSSR count). The Morgan fingerprint density at radius 1 is 1.35 bits per heavy atom. The normalized spacial score (nSPS) is 20.9. The quantitative estimate of drug-likeness (QED) is 0.911. The maximum absolute atomic E-state index is 12.0. The van der Waals surface area contributed by atoms with Crippen molar-refractivity contribution in [1.29, 1.82) is 0 Å². The summed E-state index contributed by atoms with van der Waals surface area (Å²) in [5.41, 5.74) is 0. The van der Waals surface area contributed by atoms with Crippen LogP contribution in [0.1, 0.15) is 25.7 Å². The van der Waals surface area contributed by atoms with E-state index in [0.717, 1.165) is 25.7 Å². The Kier molecular flexibility index (Phi) is 5.12. The average molecular weight is 335 g/mol. The zero-order valence-corrected chi connectivity index (χ0v) is 13.4. The predicted octanol–water partition coefficient (Wildman–Crippen LogP) is 2.44. The van der Waals surface area contributed by atoms with Gasteiger partial charge in [0, 0.05) is 30.7 Å². The number of carbonyl (C=O) groups is 1. The Bertz CT molecular complexity index is 622. The fraction of sp³-hybridized carbons (Fsp3) is 0.438. The summed E-state index contributed by atoms with van der Waals surface area (Å²) < 4.78 is 7.47. The molecule has 1 N–H and O–H groups in total. The van der Waals surface area contributed by atoms with Gasteiger partial charge in [0.15, 0.2) is 0 Å². The van der Waals surface area contributed by atoms with Gasteiger partial charge in [0.2, 0.25) is 11.8 Å². The van der Waals surface area contributed by atoms with Crippen molar-refractivity contribution in [1.82, 2.24) is 20.1 Å². The van der Waals surface area contributed by atoms with Crippen LogP contribution in [0, 0.1) is 0 Å². The Labute approximate surface area is 139 Å². The van der Waals surface area contributed by atoms with Gasteiger partial charge < -0.3 is 10.1 Å². The second-order valence-electron chi connectivity index (χ2n) is 5.68. The number of pyridine rings is 1. The standard InChI is InChI=1S/C16H19ClN4O2/c17-12-2-7-16(18-10-12)23-14-5-3-13(4-6-14)20-15(22)11-21-9-1-8-19-21/h1-2,7-10,13-14H,3-6,11H2,(H,20,22). The van der Waals surface area contributed by atoms with Crippen LogP contribution in [0.2, 0.25) is 5.02 Å². The van der Waals surface area contributed by atoms with Crippen LogP contribution in [0.3, 0.4) is 0 Å². The van der Waals surface area contributed by atoms with Crippen LogP contribution in [0.15, 0.2) is 36.8 Å². The topological polar surface area (TPSA) is 69.0 Å². The number of aromatic nitrogens is 3. The van der Waals surface area contributed by atoms with Gasteiger partial charge in [0.25, 0.3) is 0 Å².